The molecule has 2 aromatic heterocycles. The van der Waals surface area contributed by atoms with E-state index < -0.39 is 0 Å². The quantitative estimate of drug-likeness (QED) is 0.177. The largest absolute Gasteiger partial charge is 0.309 e. The van der Waals surface area contributed by atoms with Gasteiger partial charge in [-0.15, -0.1) is 0 Å². The van der Waals surface area contributed by atoms with Crippen LogP contribution in [0, 0.1) is 11.3 Å². The first kappa shape index (κ1) is 21.6. The van der Waals surface area contributed by atoms with Gasteiger partial charge in [0.25, 0.3) is 0 Å². The molecule has 0 saturated heterocycles. The number of benzene rings is 6. The zero-order chi connectivity index (χ0) is 25.9. The van der Waals surface area contributed by atoms with E-state index in [9.17, 15) is 5.26 Å². The number of pyridine rings is 1. The fraction of sp³-hybridized carbons (Fsp3) is 0. The fourth-order valence-corrected chi connectivity index (χ4v) is 6.06. The Bertz CT molecular complexity index is 2300. The Morgan fingerprint density at radius 2 is 1.33 bits per heavy atom. The van der Waals surface area contributed by atoms with Gasteiger partial charge >= 0.3 is 0 Å². The summed E-state index contributed by atoms with van der Waals surface area (Å²) in [6.07, 6.45) is 0. The van der Waals surface area contributed by atoms with Crippen LogP contribution in [-0.2, 0) is 0 Å². The van der Waals surface area contributed by atoms with E-state index in [-0.39, 0.29) is 0 Å². The molecule has 0 saturated carbocycles. The second-order valence-corrected chi connectivity index (χ2v) is 9.93. The van der Waals surface area contributed by atoms with Crippen LogP contribution in [0.5, 0.6) is 0 Å². The molecule has 8 rings (SSSR count). The van der Waals surface area contributed by atoms with E-state index in [0.29, 0.717) is 5.56 Å². The van der Waals surface area contributed by atoms with Crippen LogP contribution in [0.4, 0.5) is 0 Å². The van der Waals surface area contributed by atoms with E-state index in [2.05, 4.69) is 126 Å². The van der Waals surface area contributed by atoms with Gasteiger partial charge in [-0.2, -0.15) is 5.26 Å². The van der Waals surface area contributed by atoms with Crippen molar-refractivity contribution in [1.82, 2.24) is 9.55 Å². The summed E-state index contributed by atoms with van der Waals surface area (Å²) in [6.45, 7) is 0. The molecule has 0 aliphatic heterocycles. The second kappa shape index (κ2) is 8.28. The molecule has 0 radical (unpaired) electrons. The average Bonchev–Trinajstić information content (AvgIpc) is 3.33. The van der Waals surface area contributed by atoms with Gasteiger partial charge < -0.3 is 4.57 Å². The fourth-order valence-electron chi connectivity index (χ4n) is 6.06. The van der Waals surface area contributed by atoms with Gasteiger partial charge in [0.15, 0.2) is 0 Å². The van der Waals surface area contributed by atoms with Gasteiger partial charge in [-0.05, 0) is 53.4 Å². The maximum atomic E-state index is 9.53. The summed E-state index contributed by atoms with van der Waals surface area (Å²) >= 11 is 0. The molecule has 0 N–H and O–H groups in total. The molecular formula is C36H21N3. The summed E-state index contributed by atoms with van der Waals surface area (Å²) < 4.78 is 2.30. The predicted molar refractivity (Wildman–Crippen MR) is 161 cm³/mol. The highest BCUT2D eigenvalue weighted by atomic mass is 15.0. The Kier molecular flexibility index (Phi) is 4.59. The van der Waals surface area contributed by atoms with Crippen LogP contribution in [0.1, 0.15) is 5.56 Å². The average molecular weight is 496 g/mol. The molecular weight excluding hydrogens is 474 g/mol. The van der Waals surface area contributed by atoms with Crippen molar-refractivity contribution in [1.29, 1.82) is 5.26 Å². The summed E-state index contributed by atoms with van der Waals surface area (Å²) in [5.41, 5.74) is 8.30. The van der Waals surface area contributed by atoms with Gasteiger partial charge in [0.2, 0.25) is 0 Å². The van der Waals surface area contributed by atoms with Crippen molar-refractivity contribution < 1.29 is 0 Å². The minimum Gasteiger partial charge on any atom is -0.309 e. The lowest BCUT2D eigenvalue weighted by atomic mass is 9.94. The lowest BCUT2D eigenvalue weighted by Gasteiger charge is -2.15. The molecule has 0 amide bonds. The topological polar surface area (TPSA) is 41.6 Å². The number of para-hydroxylation sites is 2. The molecule has 0 fully saturated rings. The van der Waals surface area contributed by atoms with Crippen LogP contribution in [0.3, 0.4) is 0 Å². The zero-order valence-electron chi connectivity index (χ0n) is 21.0. The molecule has 3 heteroatoms. The van der Waals surface area contributed by atoms with Crippen molar-refractivity contribution in [3.63, 3.8) is 0 Å². The molecule has 0 bridgehead atoms. The summed E-state index contributed by atoms with van der Waals surface area (Å²) in [7, 11) is 0. The number of hydrogen-bond acceptors (Lipinski definition) is 2. The maximum Gasteiger partial charge on any atom is 0.0991 e. The predicted octanol–water partition coefficient (Wildman–Crippen LogP) is 9.18. The van der Waals surface area contributed by atoms with Crippen molar-refractivity contribution >= 4 is 54.4 Å². The summed E-state index contributed by atoms with van der Waals surface area (Å²) in [5.74, 6) is 0. The number of hydrogen-bond donors (Lipinski definition) is 0. The number of nitrogens with zero attached hydrogens (tertiary/aromatic N) is 3. The van der Waals surface area contributed by atoms with Crippen molar-refractivity contribution in [2.45, 2.75) is 0 Å². The van der Waals surface area contributed by atoms with Gasteiger partial charge in [-0.3, -0.25) is 0 Å². The lowest BCUT2D eigenvalue weighted by molar-refractivity contribution is 1.18. The molecule has 39 heavy (non-hydrogen) atoms. The van der Waals surface area contributed by atoms with E-state index in [0.717, 1.165) is 60.2 Å². The van der Waals surface area contributed by atoms with Crippen molar-refractivity contribution in [3.05, 3.63) is 133 Å². The van der Waals surface area contributed by atoms with Crippen LogP contribution in [-0.4, -0.2) is 9.55 Å². The third kappa shape index (κ3) is 3.19. The summed E-state index contributed by atoms with van der Waals surface area (Å²) in [4.78, 5) is 5.13. The zero-order valence-corrected chi connectivity index (χ0v) is 21.0. The highest BCUT2D eigenvalue weighted by Gasteiger charge is 2.16. The number of rotatable bonds is 2. The normalized spacial score (nSPS) is 11.6. The highest BCUT2D eigenvalue weighted by Crippen LogP contribution is 2.39. The lowest BCUT2D eigenvalue weighted by Crippen LogP contribution is -1.95. The Labute approximate surface area is 224 Å². The molecule has 0 aliphatic rings. The monoisotopic (exact) mass is 495 g/mol. The van der Waals surface area contributed by atoms with Crippen LogP contribution in [0.25, 0.3) is 71.2 Å². The van der Waals surface area contributed by atoms with Crippen molar-refractivity contribution in [2.75, 3.05) is 0 Å². The highest BCUT2D eigenvalue weighted by molar-refractivity contribution is 6.17. The van der Waals surface area contributed by atoms with Crippen LogP contribution >= 0.6 is 0 Å². The summed E-state index contributed by atoms with van der Waals surface area (Å²) in [5, 5.41) is 16.4. The molecule has 0 atom stereocenters. The van der Waals surface area contributed by atoms with E-state index in [1.165, 1.54) is 10.9 Å². The molecule has 0 spiro atoms. The van der Waals surface area contributed by atoms with Crippen LogP contribution < -0.4 is 0 Å². The summed E-state index contributed by atoms with van der Waals surface area (Å²) in [6, 6.07) is 46.7. The SMILES string of the molecule is N#Cc1ccc2c(c1)c1ccccc1n2-c1cccc(-c2c3ccccc3nc3c2ccc2ccccc23)c1. The third-order valence-electron chi connectivity index (χ3n) is 7.77. The number of fused-ring (bicyclic) bond motifs is 7. The van der Waals surface area contributed by atoms with E-state index in [4.69, 9.17) is 4.98 Å². The molecule has 0 aliphatic carbocycles. The number of aromatic nitrogens is 2. The van der Waals surface area contributed by atoms with E-state index in [1.807, 2.05) is 12.1 Å². The third-order valence-corrected chi connectivity index (χ3v) is 7.77. The second-order valence-electron chi connectivity index (χ2n) is 9.93. The Morgan fingerprint density at radius 3 is 2.23 bits per heavy atom. The van der Waals surface area contributed by atoms with Crippen LogP contribution in [0.2, 0.25) is 0 Å². The van der Waals surface area contributed by atoms with Crippen molar-refractivity contribution in [2.24, 2.45) is 0 Å². The molecule has 2 heterocycles. The van der Waals surface area contributed by atoms with Crippen molar-refractivity contribution in [3.8, 4) is 22.9 Å². The minimum absolute atomic E-state index is 0.668. The Hall–Kier alpha value is -5.46. The van der Waals surface area contributed by atoms with E-state index >= 15 is 0 Å². The molecule has 8 aromatic rings. The Morgan fingerprint density at radius 1 is 0.564 bits per heavy atom. The molecule has 6 aromatic carbocycles. The van der Waals surface area contributed by atoms with Gasteiger partial charge in [0, 0.05) is 38.2 Å². The van der Waals surface area contributed by atoms with Gasteiger partial charge in [-0.25, -0.2) is 4.98 Å². The molecule has 180 valence electrons. The van der Waals surface area contributed by atoms with E-state index in [1.54, 1.807) is 0 Å². The first-order valence-corrected chi connectivity index (χ1v) is 13.0. The first-order chi connectivity index (χ1) is 19.3. The standard InChI is InChI=1S/C36H21N3/c37-22-23-16-19-34-31(20-23)28-12-4-6-15-33(28)39(34)26-10-7-9-25(21-26)35-29-13-3-5-14-32(29)38-36-27-11-2-1-8-24(27)17-18-30(35)36/h1-21H. The molecule has 0 unspecified atom stereocenters. The smallest absolute Gasteiger partial charge is 0.0991 e. The van der Waals surface area contributed by atoms with Gasteiger partial charge in [0.05, 0.1) is 33.7 Å². The van der Waals surface area contributed by atoms with Gasteiger partial charge in [-0.1, -0.05) is 84.9 Å². The minimum atomic E-state index is 0.668. The van der Waals surface area contributed by atoms with Crippen LogP contribution in [0.15, 0.2) is 127 Å². The molecule has 3 nitrogen and oxygen atoms in total. The first-order valence-electron chi connectivity index (χ1n) is 13.0. The Balaban J connectivity index is 1.46. The number of nitriles is 1. The van der Waals surface area contributed by atoms with Gasteiger partial charge in [0.1, 0.15) is 0 Å². The maximum absolute atomic E-state index is 9.53.